The minimum atomic E-state index is -1.10. The monoisotopic (exact) mass is 1020 g/mol. The van der Waals surface area contributed by atoms with Crippen LogP contribution in [0.1, 0.15) is 96.0 Å². The second kappa shape index (κ2) is 23.6. The van der Waals surface area contributed by atoms with E-state index in [-0.39, 0.29) is 89.3 Å². The van der Waals surface area contributed by atoms with Gasteiger partial charge in [-0.25, -0.2) is 49.1 Å². The molecule has 0 spiro atoms. The van der Waals surface area contributed by atoms with Crippen molar-refractivity contribution < 1.29 is 69.4 Å². The van der Waals surface area contributed by atoms with Gasteiger partial charge in [-0.05, 0) is 51.2 Å². The number of amides is 4. The van der Waals surface area contributed by atoms with Crippen molar-refractivity contribution in [1.29, 1.82) is 0 Å². The molecule has 0 radical (unpaired) electrons. The van der Waals surface area contributed by atoms with Crippen molar-refractivity contribution in [2.75, 3.05) is 20.2 Å². The number of nitrogens with zero attached hydrogens (tertiary/aromatic N) is 6. The van der Waals surface area contributed by atoms with E-state index in [0.717, 1.165) is 23.7 Å². The van der Waals surface area contributed by atoms with E-state index < -0.39 is 47.8 Å². The molecule has 2 atom stereocenters. The minimum Gasteiger partial charge on any atom is -0.464 e. The highest BCUT2D eigenvalue weighted by Crippen LogP contribution is 2.29. The van der Waals surface area contributed by atoms with Gasteiger partial charge in [-0.15, -0.1) is 0 Å². The van der Waals surface area contributed by atoms with Crippen LogP contribution < -0.4 is 21.3 Å². The fourth-order valence-electron chi connectivity index (χ4n) is 6.69. The maximum absolute atomic E-state index is 13.5. The molecular weight excluding hydrogens is 969 g/mol. The summed E-state index contributed by atoms with van der Waals surface area (Å²) in [5.41, 5.74) is 1.19. The van der Waals surface area contributed by atoms with Gasteiger partial charge in [-0.1, -0.05) is 60.7 Å². The van der Waals surface area contributed by atoms with Crippen molar-refractivity contribution in [3.8, 4) is 46.3 Å². The molecule has 25 nitrogen and oxygen atoms in total. The van der Waals surface area contributed by atoms with E-state index in [2.05, 4.69) is 55.9 Å². The zero-order valence-corrected chi connectivity index (χ0v) is 40.1. The number of alkyl carbamates (subject to hydrolysis) is 3. The normalized spacial score (nSPS) is 12.1. The first-order valence-electron chi connectivity index (χ1n) is 22.8. The van der Waals surface area contributed by atoms with Crippen molar-refractivity contribution in [2.45, 2.75) is 70.9 Å². The Kier molecular flexibility index (Phi) is 16.2. The van der Waals surface area contributed by atoms with Crippen LogP contribution in [-0.4, -0.2) is 85.9 Å². The van der Waals surface area contributed by atoms with Crippen LogP contribution in [0.4, 0.5) is 14.4 Å². The number of esters is 1. The van der Waals surface area contributed by atoms with Gasteiger partial charge in [-0.3, -0.25) is 4.79 Å². The average molecular weight is 1020 g/mol. The Balaban J connectivity index is 0.909. The molecule has 74 heavy (non-hydrogen) atoms. The molecule has 0 saturated carbocycles. The summed E-state index contributed by atoms with van der Waals surface area (Å²) in [6, 6.07) is 16.3. The lowest BCUT2D eigenvalue weighted by atomic mass is 10.1. The third-order valence-electron chi connectivity index (χ3n) is 10.2. The van der Waals surface area contributed by atoms with E-state index in [9.17, 15) is 24.0 Å². The van der Waals surface area contributed by atoms with Crippen molar-refractivity contribution in [3.63, 3.8) is 0 Å². The summed E-state index contributed by atoms with van der Waals surface area (Å²) in [7, 11) is 1.21. The first kappa shape index (κ1) is 50.8. The number of oxazole rings is 6. The van der Waals surface area contributed by atoms with Crippen LogP contribution in [0.5, 0.6) is 0 Å². The molecular formula is C49H48N10O15. The van der Waals surface area contributed by atoms with Crippen molar-refractivity contribution >= 4 is 30.2 Å². The van der Waals surface area contributed by atoms with Gasteiger partial charge in [0.1, 0.15) is 68.5 Å². The van der Waals surface area contributed by atoms with E-state index in [1.807, 2.05) is 36.4 Å². The number of methoxy groups -OCH3 is 1. The summed E-state index contributed by atoms with van der Waals surface area (Å²) in [4.78, 5) is 89.5. The number of carbonyl (C=O) groups is 5. The summed E-state index contributed by atoms with van der Waals surface area (Å²) >= 11 is 0. The number of aromatic nitrogens is 6. The Morgan fingerprint density at radius 1 is 0.541 bits per heavy atom. The second-order valence-corrected chi connectivity index (χ2v) is 16.9. The van der Waals surface area contributed by atoms with E-state index >= 15 is 0 Å². The predicted molar refractivity (Wildman–Crippen MR) is 252 cm³/mol. The van der Waals surface area contributed by atoms with Gasteiger partial charge in [0.25, 0.3) is 5.91 Å². The zero-order chi connectivity index (χ0) is 52.0. The van der Waals surface area contributed by atoms with Gasteiger partial charge in [0.05, 0.1) is 7.11 Å². The molecule has 8 aromatic rings. The smallest absolute Gasteiger partial charge is 0.408 e. The van der Waals surface area contributed by atoms with Crippen molar-refractivity contribution in [3.05, 3.63) is 133 Å². The standard InChI is InChI=1S/C49H48N10O15/c1-49(2,3)74-46(62)50-18-12-11-17-30(58-47(63)72-20-28-13-7-5-8-14-28)39-53-34(23-67-39)42-55-33(25-69-42)41-52-32(22-66-41)38(60)51-19-31(59-48(64)73-21-29-15-9-6-10-16-29)40-54-35(24-68-40)43-56-36(26-70-43)44-57-37(27-71-44)45(61)65-4/h5-10,13-16,22-27,30-31H,11-12,17-21H2,1-4H3,(H,50,62)(H,51,60)(H,58,63)(H,59,64)/t30-,31-/m0/s1. The summed E-state index contributed by atoms with van der Waals surface area (Å²) in [5.74, 6) is -1.46. The quantitative estimate of drug-likeness (QED) is 0.0300. The largest absolute Gasteiger partial charge is 0.464 e. The number of carbonyl (C=O) groups excluding carboxylic acids is 5. The van der Waals surface area contributed by atoms with Crippen LogP contribution >= 0.6 is 0 Å². The maximum atomic E-state index is 13.5. The highest BCUT2D eigenvalue weighted by molar-refractivity contribution is 5.92. The van der Waals surface area contributed by atoms with Crippen LogP contribution in [0, 0.1) is 0 Å². The molecule has 8 rings (SSSR count). The van der Waals surface area contributed by atoms with E-state index in [4.69, 9.17) is 40.7 Å². The van der Waals surface area contributed by atoms with Gasteiger partial charge in [0, 0.05) is 13.1 Å². The predicted octanol–water partition coefficient (Wildman–Crippen LogP) is 8.13. The highest BCUT2D eigenvalue weighted by Gasteiger charge is 2.27. The Morgan fingerprint density at radius 3 is 1.57 bits per heavy atom. The second-order valence-electron chi connectivity index (χ2n) is 16.9. The van der Waals surface area contributed by atoms with Crippen LogP contribution in [0.25, 0.3) is 46.3 Å². The first-order valence-corrected chi connectivity index (χ1v) is 22.8. The average Bonchev–Trinajstić information content (AvgIpc) is 4.25. The Morgan fingerprint density at radius 2 is 1.01 bits per heavy atom. The zero-order valence-electron chi connectivity index (χ0n) is 40.1. The molecule has 2 aromatic carbocycles. The van der Waals surface area contributed by atoms with Gasteiger partial charge >= 0.3 is 24.2 Å². The highest BCUT2D eigenvalue weighted by atomic mass is 16.6. The number of nitrogens with one attached hydrogen (secondary N) is 4. The van der Waals surface area contributed by atoms with E-state index in [0.29, 0.717) is 25.8 Å². The fraction of sp³-hybridized carbons (Fsp3) is 0.286. The fourth-order valence-corrected chi connectivity index (χ4v) is 6.69. The van der Waals surface area contributed by atoms with Crippen LogP contribution in [0.2, 0.25) is 0 Å². The lowest BCUT2D eigenvalue weighted by Crippen LogP contribution is -2.38. The molecule has 0 fully saturated rings. The van der Waals surface area contributed by atoms with Gasteiger partial charge < -0.3 is 66.7 Å². The third-order valence-corrected chi connectivity index (χ3v) is 10.2. The van der Waals surface area contributed by atoms with Gasteiger partial charge in [-0.2, -0.15) is 0 Å². The van der Waals surface area contributed by atoms with Crippen LogP contribution in [0.15, 0.2) is 125 Å². The lowest BCUT2D eigenvalue weighted by molar-refractivity contribution is 0.0525. The Bertz CT molecular complexity index is 3150. The first-order chi connectivity index (χ1) is 35.8. The number of ether oxygens (including phenoxy) is 4. The summed E-state index contributed by atoms with van der Waals surface area (Å²) in [6.45, 7) is 5.36. The van der Waals surface area contributed by atoms with E-state index in [1.54, 1.807) is 45.0 Å². The van der Waals surface area contributed by atoms with Gasteiger partial charge in [0.2, 0.25) is 35.3 Å². The molecule has 4 amide bonds. The van der Waals surface area contributed by atoms with E-state index in [1.165, 1.54) is 32.2 Å². The number of unbranched alkanes of at least 4 members (excludes halogenated alkanes) is 1. The number of hydrogen-bond acceptors (Lipinski definition) is 21. The summed E-state index contributed by atoms with van der Waals surface area (Å²) < 4.78 is 54.5. The number of hydrogen-bond donors (Lipinski definition) is 4. The topological polar surface area (TPSA) is 327 Å². The molecule has 0 unspecified atom stereocenters. The maximum Gasteiger partial charge on any atom is 0.408 e. The van der Waals surface area contributed by atoms with Crippen LogP contribution in [0.3, 0.4) is 0 Å². The van der Waals surface area contributed by atoms with Crippen molar-refractivity contribution in [1.82, 2.24) is 51.2 Å². The third kappa shape index (κ3) is 13.9. The molecule has 4 N–H and O–H groups in total. The van der Waals surface area contributed by atoms with Crippen LogP contribution in [-0.2, 0) is 32.2 Å². The Hall–Kier alpha value is -9.55. The summed E-state index contributed by atoms with van der Waals surface area (Å²) in [6.07, 6.45) is 6.58. The molecule has 0 aliphatic rings. The molecule has 25 heteroatoms. The number of rotatable bonds is 21. The molecule has 384 valence electrons. The SMILES string of the molecule is COC(=O)c1coc(-c2coc(-c3coc([C@H](CNC(=O)c4coc(-c5coc(-c6coc([C@H](CCCCNC(=O)OC(C)(C)C)NC(=O)OCc7ccccc7)n6)n5)n4)NC(=O)OCc4ccccc4)n3)n2)n1. The minimum absolute atomic E-state index is 0.0101. The molecule has 0 saturated heterocycles. The molecule has 6 aromatic heterocycles. The molecule has 0 aliphatic carbocycles. The molecule has 0 aliphatic heterocycles. The van der Waals surface area contributed by atoms with Crippen molar-refractivity contribution in [2.24, 2.45) is 0 Å². The summed E-state index contributed by atoms with van der Waals surface area (Å²) in [5, 5.41) is 10.9. The lowest BCUT2D eigenvalue weighted by Gasteiger charge is -2.19. The van der Waals surface area contributed by atoms with Gasteiger partial charge in [0.15, 0.2) is 34.2 Å². The molecule has 6 heterocycles. The number of benzene rings is 2. The molecule has 0 bridgehead atoms. The Labute approximate surface area is 419 Å².